The quantitative estimate of drug-likeness (QED) is 0.491. The second kappa shape index (κ2) is 2.76. The molecule has 2 rings (SSSR count). The van der Waals surface area contributed by atoms with Crippen molar-refractivity contribution < 1.29 is 14.3 Å². The third-order valence-corrected chi connectivity index (χ3v) is 3.16. The molecule has 0 aromatic rings. The van der Waals surface area contributed by atoms with E-state index >= 15 is 0 Å². The summed E-state index contributed by atoms with van der Waals surface area (Å²) in [6.45, 7) is 3.78. The average Bonchev–Trinajstić information content (AvgIpc) is 2.34. The molecule has 3 atom stereocenters. The lowest BCUT2D eigenvalue weighted by atomic mass is 9.80. The van der Waals surface area contributed by atoms with Gasteiger partial charge < -0.3 is 9.53 Å². The molecule has 76 valence electrons. The van der Waals surface area contributed by atoms with Crippen LogP contribution in [0.4, 0.5) is 0 Å². The molecule has 2 aliphatic heterocycles. The number of hydrogen-bond donors (Lipinski definition) is 0. The first-order valence-electron chi connectivity index (χ1n) is 4.86. The van der Waals surface area contributed by atoms with Crippen LogP contribution in [0.2, 0.25) is 0 Å². The van der Waals surface area contributed by atoms with Gasteiger partial charge in [-0.15, -0.1) is 0 Å². The number of carbonyl (C=O) groups excluding carboxylic acids is 2. The van der Waals surface area contributed by atoms with E-state index in [-0.39, 0.29) is 18.1 Å². The molecule has 1 fully saturated rings. The molecule has 3 heteroatoms. The van der Waals surface area contributed by atoms with Gasteiger partial charge in [-0.1, -0.05) is 12.2 Å². The standard InChI is InChI=1S/C11H14O3/c1-10-4-5-11(2,14-10)8(3-6-12)9(13)7-10/h4-6,8H,3,7H2,1-2H3. The fraction of sp³-hybridized carbons (Fsp3) is 0.636. The summed E-state index contributed by atoms with van der Waals surface area (Å²) < 4.78 is 5.82. The molecule has 0 saturated carbocycles. The zero-order valence-electron chi connectivity index (χ0n) is 8.45. The summed E-state index contributed by atoms with van der Waals surface area (Å²) >= 11 is 0. The van der Waals surface area contributed by atoms with Gasteiger partial charge >= 0.3 is 0 Å². The predicted molar refractivity (Wildman–Crippen MR) is 50.8 cm³/mol. The number of hydrogen-bond acceptors (Lipinski definition) is 3. The summed E-state index contributed by atoms with van der Waals surface area (Å²) in [6.07, 6.45) is 5.31. The Balaban J connectivity index is 2.32. The third kappa shape index (κ3) is 1.23. The van der Waals surface area contributed by atoms with Crippen LogP contribution in [-0.2, 0) is 14.3 Å². The van der Waals surface area contributed by atoms with Crippen LogP contribution >= 0.6 is 0 Å². The van der Waals surface area contributed by atoms with Gasteiger partial charge in [-0.05, 0) is 13.8 Å². The van der Waals surface area contributed by atoms with Gasteiger partial charge in [-0.25, -0.2) is 0 Å². The molecule has 2 bridgehead atoms. The van der Waals surface area contributed by atoms with Crippen molar-refractivity contribution in [2.45, 2.75) is 37.9 Å². The molecule has 0 radical (unpaired) electrons. The number of rotatable bonds is 2. The van der Waals surface area contributed by atoms with Crippen molar-refractivity contribution in [3.63, 3.8) is 0 Å². The normalized spacial score (nSPS) is 45.6. The first-order chi connectivity index (χ1) is 6.49. The van der Waals surface area contributed by atoms with Crippen LogP contribution in [-0.4, -0.2) is 23.3 Å². The molecule has 3 unspecified atom stereocenters. The molecule has 3 nitrogen and oxygen atoms in total. The van der Waals surface area contributed by atoms with Crippen LogP contribution in [0.25, 0.3) is 0 Å². The highest BCUT2D eigenvalue weighted by molar-refractivity contribution is 5.87. The lowest BCUT2D eigenvalue weighted by Gasteiger charge is -2.40. The van der Waals surface area contributed by atoms with Crippen LogP contribution in [0.1, 0.15) is 26.7 Å². The summed E-state index contributed by atoms with van der Waals surface area (Å²) in [7, 11) is 0. The van der Waals surface area contributed by atoms with Gasteiger partial charge in [0.15, 0.2) is 0 Å². The highest BCUT2D eigenvalue weighted by Crippen LogP contribution is 2.45. The average molecular weight is 194 g/mol. The van der Waals surface area contributed by atoms with Crippen LogP contribution in [0, 0.1) is 5.92 Å². The molecule has 0 amide bonds. The summed E-state index contributed by atoms with van der Waals surface area (Å²) in [5.74, 6) is -0.162. The Kier molecular flexibility index (Phi) is 1.89. The van der Waals surface area contributed by atoms with Crippen molar-refractivity contribution in [3.05, 3.63) is 12.2 Å². The zero-order chi connectivity index (χ0) is 10.4. The minimum absolute atomic E-state index is 0.137. The third-order valence-electron chi connectivity index (χ3n) is 3.16. The van der Waals surface area contributed by atoms with Crippen molar-refractivity contribution in [2.75, 3.05) is 0 Å². The van der Waals surface area contributed by atoms with E-state index in [0.29, 0.717) is 6.42 Å². The van der Waals surface area contributed by atoms with Crippen LogP contribution in [0.5, 0.6) is 0 Å². The number of carbonyl (C=O) groups is 2. The molecule has 1 saturated heterocycles. The van der Waals surface area contributed by atoms with Gasteiger partial charge in [0.05, 0.1) is 17.1 Å². The van der Waals surface area contributed by atoms with Crippen molar-refractivity contribution in [1.82, 2.24) is 0 Å². The Morgan fingerprint density at radius 3 is 2.93 bits per heavy atom. The lowest BCUT2D eigenvalue weighted by molar-refractivity contribution is -0.164. The van der Waals surface area contributed by atoms with Crippen LogP contribution < -0.4 is 0 Å². The zero-order valence-corrected chi connectivity index (χ0v) is 8.45. The molecule has 0 spiro atoms. The summed E-state index contributed by atoms with van der Waals surface area (Å²) in [5.41, 5.74) is -1.00. The molecule has 0 N–H and O–H groups in total. The van der Waals surface area contributed by atoms with Crippen molar-refractivity contribution in [1.29, 1.82) is 0 Å². The molecular formula is C11H14O3. The highest BCUT2D eigenvalue weighted by Gasteiger charge is 2.52. The van der Waals surface area contributed by atoms with Gasteiger partial charge in [0.2, 0.25) is 0 Å². The van der Waals surface area contributed by atoms with E-state index in [1.807, 2.05) is 26.0 Å². The maximum atomic E-state index is 11.8. The Morgan fingerprint density at radius 2 is 2.29 bits per heavy atom. The maximum Gasteiger partial charge on any atom is 0.142 e. The highest BCUT2D eigenvalue weighted by atomic mass is 16.5. The summed E-state index contributed by atoms with van der Waals surface area (Å²) in [6, 6.07) is 0. The van der Waals surface area contributed by atoms with E-state index < -0.39 is 11.2 Å². The van der Waals surface area contributed by atoms with Gasteiger partial charge in [0.1, 0.15) is 12.1 Å². The number of Topliss-reactive ketones (excluding diaryl/α,β-unsaturated/α-hetero) is 1. The fourth-order valence-electron chi connectivity index (χ4n) is 2.44. The largest absolute Gasteiger partial charge is 0.360 e. The molecule has 0 aromatic carbocycles. The number of aldehydes is 1. The predicted octanol–water partition coefficient (Wildman–Crippen LogP) is 1.27. The molecule has 2 heterocycles. The maximum absolute atomic E-state index is 11.8. The Hall–Kier alpha value is -0.960. The molecular weight excluding hydrogens is 180 g/mol. The lowest BCUT2D eigenvalue weighted by Crippen LogP contribution is -2.49. The Morgan fingerprint density at radius 1 is 1.57 bits per heavy atom. The Bertz CT molecular complexity index is 320. The van der Waals surface area contributed by atoms with Gasteiger partial charge in [0.25, 0.3) is 0 Å². The first kappa shape index (κ1) is 9.59. The summed E-state index contributed by atoms with van der Waals surface area (Å²) in [4.78, 5) is 22.3. The monoisotopic (exact) mass is 194 g/mol. The number of ketones is 1. The minimum atomic E-state index is -0.564. The van der Waals surface area contributed by atoms with Gasteiger partial charge in [0, 0.05) is 12.8 Å². The molecule has 2 aliphatic rings. The van der Waals surface area contributed by atoms with Crippen molar-refractivity contribution in [2.24, 2.45) is 5.92 Å². The smallest absolute Gasteiger partial charge is 0.142 e. The van der Waals surface area contributed by atoms with Crippen molar-refractivity contribution >= 4 is 12.1 Å². The molecule has 0 aromatic heterocycles. The van der Waals surface area contributed by atoms with Crippen LogP contribution in [0.15, 0.2) is 12.2 Å². The van der Waals surface area contributed by atoms with E-state index in [4.69, 9.17) is 4.74 Å². The topological polar surface area (TPSA) is 43.4 Å². The molecule has 0 aliphatic carbocycles. The second-order valence-electron chi connectivity index (χ2n) is 4.53. The van der Waals surface area contributed by atoms with E-state index in [1.54, 1.807) is 0 Å². The minimum Gasteiger partial charge on any atom is -0.360 e. The second-order valence-corrected chi connectivity index (χ2v) is 4.53. The van der Waals surface area contributed by atoms with Gasteiger partial charge in [-0.2, -0.15) is 0 Å². The first-order valence-corrected chi connectivity index (χ1v) is 4.86. The van der Waals surface area contributed by atoms with Crippen molar-refractivity contribution in [3.8, 4) is 0 Å². The van der Waals surface area contributed by atoms with E-state index in [9.17, 15) is 9.59 Å². The Labute approximate surface area is 83.1 Å². The van der Waals surface area contributed by atoms with E-state index in [2.05, 4.69) is 0 Å². The van der Waals surface area contributed by atoms with Crippen LogP contribution in [0.3, 0.4) is 0 Å². The van der Waals surface area contributed by atoms with E-state index in [0.717, 1.165) is 6.29 Å². The number of fused-ring (bicyclic) bond motifs is 2. The number of ether oxygens (including phenoxy) is 1. The SMILES string of the molecule is CC12C=CC(C)(O1)C(CC=O)C(=O)C2. The fourth-order valence-corrected chi connectivity index (χ4v) is 2.44. The summed E-state index contributed by atoms with van der Waals surface area (Å²) in [5, 5.41) is 0. The van der Waals surface area contributed by atoms with E-state index in [1.165, 1.54) is 0 Å². The molecule has 14 heavy (non-hydrogen) atoms. The van der Waals surface area contributed by atoms with Gasteiger partial charge in [-0.3, -0.25) is 4.79 Å².